The minimum absolute atomic E-state index is 0. The van der Waals surface area contributed by atoms with Crippen molar-refractivity contribution < 1.29 is 4.74 Å². The maximum absolute atomic E-state index is 6.00. The lowest BCUT2D eigenvalue weighted by molar-refractivity contribution is 0.297. The second-order valence-corrected chi connectivity index (χ2v) is 5.98. The molecule has 0 heterocycles. The van der Waals surface area contributed by atoms with Gasteiger partial charge in [0, 0.05) is 6.42 Å². The van der Waals surface area contributed by atoms with E-state index in [0.717, 1.165) is 31.7 Å². The smallest absolute Gasteiger partial charge is 0.122 e. The first-order chi connectivity index (χ1) is 10.8. The van der Waals surface area contributed by atoms with Crippen molar-refractivity contribution in [2.45, 2.75) is 25.7 Å². The van der Waals surface area contributed by atoms with E-state index in [9.17, 15) is 0 Å². The summed E-state index contributed by atoms with van der Waals surface area (Å²) < 4.78 is 6.00. The molecular weight excluding hydrogens is 306 g/mol. The molecule has 0 fully saturated rings. The standard InChI is InChI=1S/C20H27NO.ClH/c1-21(2)15-9-4-10-16-22-20-14-8-7-13-19(20)17-18-11-5-3-6-12-18;/h3,5-8,11-14H,4,9-10,15-17H2,1-2H3;1H. The third kappa shape index (κ3) is 7.54. The summed E-state index contributed by atoms with van der Waals surface area (Å²) in [6, 6.07) is 18.9. The largest absolute Gasteiger partial charge is 0.493 e. The maximum Gasteiger partial charge on any atom is 0.122 e. The third-order valence-electron chi connectivity index (χ3n) is 3.72. The highest BCUT2D eigenvalue weighted by Gasteiger charge is 2.04. The fourth-order valence-electron chi connectivity index (χ4n) is 2.50. The first-order valence-electron chi connectivity index (χ1n) is 8.15. The van der Waals surface area contributed by atoms with Crippen LogP contribution in [0.5, 0.6) is 5.75 Å². The highest BCUT2D eigenvalue weighted by Crippen LogP contribution is 2.21. The van der Waals surface area contributed by atoms with Gasteiger partial charge in [-0.15, -0.1) is 12.4 Å². The lowest BCUT2D eigenvalue weighted by Crippen LogP contribution is -2.13. The lowest BCUT2D eigenvalue weighted by atomic mass is 10.0. The first-order valence-corrected chi connectivity index (χ1v) is 8.15. The normalized spacial score (nSPS) is 10.4. The highest BCUT2D eigenvalue weighted by molar-refractivity contribution is 5.85. The Morgan fingerprint density at radius 1 is 0.826 bits per heavy atom. The van der Waals surface area contributed by atoms with E-state index in [-0.39, 0.29) is 12.4 Å². The zero-order chi connectivity index (χ0) is 15.6. The molecular formula is C20H28ClNO. The van der Waals surface area contributed by atoms with E-state index in [1.165, 1.54) is 24.0 Å². The second-order valence-electron chi connectivity index (χ2n) is 5.98. The monoisotopic (exact) mass is 333 g/mol. The number of halogens is 1. The SMILES string of the molecule is CN(C)CCCCCOc1ccccc1Cc1ccccc1.Cl. The van der Waals surface area contributed by atoms with Gasteiger partial charge in [-0.25, -0.2) is 0 Å². The summed E-state index contributed by atoms with van der Waals surface area (Å²) in [7, 11) is 4.24. The molecule has 2 aromatic rings. The molecule has 0 aromatic heterocycles. The van der Waals surface area contributed by atoms with Crippen molar-refractivity contribution >= 4 is 12.4 Å². The van der Waals surface area contributed by atoms with E-state index < -0.39 is 0 Å². The molecule has 0 atom stereocenters. The van der Waals surface area contributed by atoms with Gasteiger partial charge in [-0.05, 0) is 57.1 Å². The molecule has 2 aromatic carbocycles. The molecule has 3 heteroatoms. The molecule has 0 aliphatic carbocycles. The number of benzene rings is 2. The fraction of sp³-hybridized carbons (Fsp3) is 0.400. The van der Waals surface area contributed by atoms with E-state index >= 15 is 0 Å². The van der Waals surface area contributed by atoms with Crippen molar-refractivity contribution in [1.82, 2.24) is 4.90 Å². The van der Waals surface area contributed by atoms with Crippen LogP contribution in [0.1, 0.15) is 30.4 Å². The number of unbranched alkanes of at least 4 members (excludes halogenated alkanes) is 2. The summed E-state index contributed by atoms with van der Waals surface area (Å²) in [6.07, 6.45) is 4.51. The molecule has 0 aliphatic rings. The van der Waals surface area contributed by atoms with Crippen molar-refractivity contribution in [2.24, 2.45) is 0 Å². The van der Waals surface area contributed by atoms with Gasteiger partial charge in [0.25, 0.3) is 0 Å². The minimum atomic E-state index is 0. The second kappa shape index (κ2) is 11.1. The van der Waals surface area contributed by atoms with E-state index in [2.05, 4.69) is 73.6 Å². The zero-order valence-electron chi connectivity index (χ0n) is 14.2. The first kappa shape index (κ1) is 19.5. The van der Waals surface area contributed by atoms with Crippen molar-refractivity contribution in [3.05, 3.63) is 65.7 Å². The number of ether oxygens (including phenoxy) is 1. The van der Waals surface area contributed by atoms with Crippen LogP contribution in [0.25, 0.3) is 0 Å². The number of rotatable bonds is 9. The van der Waals surface area contributed by atoms with Gasteiger partial charge in [0.1, 0.15) is 5.75 Å². The summed E-state index contributed by atoms with van der Waals surface area (Å²) in [5, 5.41) is 0. The van der Waals surface area contributed by atoms with Gasteiger partial charge in [0.2, 0.25) is 0 Å². The van der Waals surface area contributed by atoms with Crippen LogP contribution in [0, 0.1) is 0 Å². The lowest BCUT2D eigenvalue weighted by Gasteiger charge is -2.12. The molecule has 0 bridgehead atoms. The summed E-state index contributed by atoms with van der Waals surface area (Å²) in [6.45, 7) is 1.96. The molecule has 0 spiro atoms. The topological polar surface area (TPSA) is 12.5 Å². The summed E-state index contributed by atoms with van der Waals surface area (Å²) in [5.41, 5.74) is 2.59. The number of hydrogen-bond donors (Lipinski definition) is 0. The summed E-state index contributed by atoms with van der Waals surface area (Å²) in [5.74, 6) is 1.03. The van der Waals surface area contributed by atoms with Crippen molar-refractivity contribution in [3.63, 3.8) is 0 Å². The van der Waals surface area contributed by atoms with Crippen molar-refractivity contribution in [3.8, 4) is 5.75 Å². The molecule has 0 unspecified atom stereocenters. The van der Waals surface area contributed by atoms with Crippen LogP contribution in [0.15, 0.2) is 54.6 Å². The fourth-order valence-corrected chi connectivity index (χ4v) is 2.50. The highest BCUT2D eigenvalue weighted by atomic mass is 35.5. The van der Waals surface area contributed by atoms with Crippen LogP contribution in [0.2, 0.25) is 0 Å². The van der Waals surface area contributed by atoms with Crippen LogP contribution in [-0.4, -0.2) is 32.1 Å². The molecule has 0 saturated heterocycles. The Hall–Kier alpha value is -1.51. The molecule has 0 radical (unpaired) electrons. The van der Waals surface area contributed by atoms with Crippen LogP contribution < -0.4 is 4.74 Å². The average Bonchev–Trinajstić information content (AvgIpc) is 2.53. The summed E-state index contributed by atoms with van der Waals surface area (Å²) >= 11 is 0. The van der Waals surface area contributed by atoms with Crippen LogP contribution in [0.4, 0.5) is 0 Å². The van der Waals surface area contributed by atoms with Gasteiger partial charge in [-0.3, -0.25) is 0 Å². The van der Waals surface area contributed by atoms with E-state index in [0.29, 0.717) is 0 Å². The predicted molar refractivity (Wildman–Crippen MR) is 101 cm³/mol. The molecule has 0 saturated carbocycles. The van der Waals surface area contributed by atoms with Gasteiger partial charge in [0.15, 0.2) is 0 Å². The molecule has 0 amide bonds. The molecule has 0 N–H and O–H groups in total. The Balaban J connectivity index is 0.00000264. The van der Waals surface area contributed by atoms with E-state index in [1.54, 1.807) is 0 Å². The predicted octanol–water partition coefficient (Wildman–Crippen LogP) is 4.81. The zero-order valence-corrected chi connectivity index (χ0v) is 15.0. The molecule has 126 valence electrons. The van der Waals surface area contributed by atoms with Gasteiger partial charge in [0.05, 0.1) is 6.61 Å². The van der Waals surface area contributed by atoms with Gasteiger partial charge >= 0.3 is 0 Å². The molecule has 23 heavy (non-hydrogen) atoms. The van der Waals surface area contributed by atoms with Crippen molar-refractivity contribution in [2.75, 3.05) is 27.2 Å². The Morgan fingerprint density at radius 3 is 2.26 bits per heavy atom. The summed E-state index contributed by atoms with van der Waals surface area (Å²) in [4.78, 5) is 2.23. The molecule has 2 rings (SSSR count). The van der Waals surface area contributed by atoms with Crippen molar-refractivity contribution in [1.29, 1.82) is 0 Å². The van der Waals surface area contributed by atoms with Gasteiger partial charge in [-0.2, -0.15) is 0 Å². The third-order valence-corrected chi connectivity index (χ3v) is 3.72. The minimum Gasteiger partial charge on any atom is -0.493 e. The Bertz CT molecular complexity index is 542. The average molecular weight is 334 g/mol. The van der Waals surface area contributed by atoms with E-state index in [1.807, 2.05) is 0 Å². The Labute approximate surface area is 146 Å². The van der Waals surface area contributed by atoms with Crippen LogP contribution in [-0.2, 0) is 6.42 Å². The van der Waals surface area contributed by atoms with Crippen LogP contribution in [0.3, 0.4) is 0 Å². The molecule has 0 aliphatic heterocycles. The van der Waals surface area contributed by atoms with Crippen LogP contribution >= 0.6 is 12.4 Å². The Morgan fingerprint density at radius 2 is 1.52 bits per heavy atom. The van der Waals surface area contributed by atoms with Gasteiger partial charge in [-0.1, -0.05) is 48.5 Å². The van der Waals surface area contributed by atoms with E-state index in [4.69, 9.17) is 4.74 Å². The number of hydrogen-bond acceptors (Lipinski definition) is 2. The quantitative estimate of drug-likeness (QED) is 0.610. The Kier molecular flexibility index (Phi) is 9.42. The number of para-hydroxylation sites is 1. The number of nitrogens with zero attached hydrogens (tertiary/aromatic N) is 1. The van der Waals surface area contributed by atoms with Gasteiger partial charge < -0.3 is 9.64 Å². The maximum atomic E-state index is 6.00. The molecule has 2 nitrogen and oxygen atoms in total.